The Labute approximate surface area is 218 Å². The van der Waals surface area contributed by atoms with E-state index in [-0.39, 0.29) is 24.0 Å². The van der Waals surface area contributed by atoms with Gasteiger partial charge in [0.2, 0.25) is 5.91 Å². The van der Waals surface area contributed by atoms with Gasteiger partial charge in [-0.1, -0.05) is 13.0 Å². The fraction of sp³-hybridized carbons (Fsp3) is 0.714. The van der Waals surface area contributed by atoms with Crippen LogP contribution in [0.5, 0.6) is 0 Å². The molecule has 0 aliphatic heterocycles. The number of aromatic carboxylic acids is 1. The quantitative estimate of drug-likeness (QED) is 0.283. The van der Waals surface area contributed by atoms with Crippen LogP contribution >= 0.6 is 23.1 Å². The lowest BCUT2D eigenvalue weighted by atomic mass is 9.82. The van der Waals surface area contributed by atoms with Gasteiger partial charge in [0.1, 0.15) is 4.88 Å². The van der Waals surface area contributed by atoms with E-state index >= 15 is 0 Å². The Morgan fingerprint density at radius 3 is 2.57 bits per heavy atom. The van der Waals surface area contributed by atoms with E-state index in [2.05, 4.69) is 13.0 Å². The summed E-state index contributed by atoms with van der Waals surface area (Å²) >= 11 is 3.05. The number of rotatable bonds is 8. The number of carboxylic acids is 1. The number of carbonyl (C=O) groups is 2. The summed E-state index contributed by atoms with van der Waals surface area (Å²) in [5.74, 6) is 0.592. The molecule has 35 heavy (non-hydrogen) atoms. The van der Waals surface area contributed by atoms with Gasteiger partial charge in [0.25, 0.3) is 0 Å². The fourth-order valence-corrected chi connectivity index (χ4v) is 7.35. The zero-order valence-electron chi connectivity index (χ0n) is 21.3. The number of carbonyl (C=O) groups excluding carboxylic acids is 1. The van der Waals surface area contributed by atoms with Crippen molar-refractivity contribution in [2.75, 3.05) is 17.1 Å². The van der Waals surface area contributed by atoms with Crippen LogP contribution in [0.4, 0.5) is 5.69 Å². The standard InChI is InChI=1S/C28H41NO4S2/c1-19-11-13-21(14-12-19)27(30)29(22-9-6-10-23(16-15-22)33-18-34-2)24-17-25(35-26(24)28(31)32)20-7-4-3-5-8-20/h7,17,19,21-23H,3-6,8-16,18H2,1-2H3,(H,31,32). The van der Waals surface area contributed by atoms with E-state index in [0.29, 0.717) is 22.4 Å². The smallest absolute Gasteiger partial charge is 0.348 e. The first-order valence-electron chi connectivity index (χ1n) is 13.5. The molecular formula is C28H41NO4S2. The Kier molecular flexibility index (Phi) is 9.76. The van der Waals surface area contributed by atoms with Gasteiger partial charge in [-0.25, -0.2) is 4.79 Å². The fourth-order valence-electron chi connectivity index (χ4n) is 5.97. The normalized spacial score (nSPS) is 27.7. The highest BCUT2D eigenvalue weighted by Gasteiger charge is 2.37. The number of hydrogen-bond donors (Lipinski definition) is 1. The van der Waals surface area contributed by atoms with Crippen LogP contribution in [-0.4, -0.2) is 41.3 Å². The maximum Gasteiger partial charge on any atom is 0.348 e. The van der Waals surface area contributed by atoms with Gasteiger partial charge in [-0.15, -0.1) is 23.1 Å². The van der Waals surface area contributed by atoms with Crippen LogP contribution in [0.2, 0.25) is 0 Å². The van der Waals surface area contributed by atoms with Crippen molar-refractivity contribution >= 4 is 46.2 Å². The number of allylic oxidation sites excluding steroid dienone is 2. The summed E-state index contributed by atoms with van der Waals surface area (Å²) in [4.78, 5) is 29.8. The van der Waals surface area contributed by atoms with Crippen molar-refractivity contribution in [3.05, 3.63) is 21.9 Å². The first-order chi connectivity index (χ1) is 17.0. The highest BCUT2D eigenvalue weighted by Crippen LogP contribution is 2.42. The van der Waals surface area contributed by atoms with Crippen molar-refractivity contribution in [1.82, 2.24) is 0 Å². The van der Waals surface area contributed by atoms with E-state index in [4.69, 9.17) is 4.74 Å². The highest BCUT2D eigenvalue weighted by atomic mass is 32.2. The Hall–Kier alpha value is -1.31. The number of anilines is 1. The number of nitrogens with zero attached hydrogens (tertiary/aromatic N) is 1. The zero-order chi connectivity index (χ0) is 24.8. The molecule has 1 aromatic heterocycles. The van der Waals surface area contributed by atoms with Crippen LogP contribution in [0.3, 0.4) is 0 Å². The molecule has 3 aliphatic carbocycles. The predicted octanol–water partition coefficient (Wildman–Crippen LogP) is 7.60. The van der Waals surface area contributed by atoms with E-state index < -0.39 is 5.97 Å². The molecule has 1 aromatic rings. The van der Waals surface area contributed by atoms with Crippen molar-refractivity contribution in [2.45, 2.75) is 103 Å². The van der Waals surface area contributed by atoms with Crippen LogP contribution < -0.4 is 4.90 Å². The lowest BCUT2D eigenvalue weighted by Crippen LogP contribution is -2.45. The second-order valence-electron chi connectivity index (χ2n) is 10.6. The molecule has 2 saturated carbocycles. The largest absolute Gasteiger partial charge is 0.477 e. The molecule has 4 rings (SSSR count). The third kappa shape index (κ3) is 6.72. The lowest BCUT2D eigenvalue weighted by Gasteiger charge is -2.36. The molecule has 2 fully saturated rings. The number of amides is 1. The van der Waals surface area contributed by atoms with Crippen LogP contribution in [-0.2, 0) is 9.53 Å². The third-order valence-electron chi connectivity index (χ3n) is 8.05. The zero-order valence-corrected chi connectivity index (χ0v) is 22.9. The number of ether oxygens (including phenoxy) is 1. The molecule has 0 saturated heterocycles. The molecule has 1 amide bonds. The van der Waals surface area contributed by atoms with E-state index in [1.165, 1.54) is 23.3 Å². The number of carboxylic acid groups (broad SMARTS) is 1. The van der Waals surface area contributed by atoms with Crippen LogP contribution in [0.25, 0.3) is 5.57 Å². The van der Waals surface area contributed by atoms with Crippen molar-refractivity contribution in [3.63, 3.8) is 0 Å². The topological polar surface area (TPSA) is 66.8 Å². The Balaban J connectivity index is 1.66. The van der Waals surface area contributed by atoms with Crippen molar-refractivity contribution in [1.29, 1.82) is 0 Å². The summed E-state index contributed by atoms with van der Waals surface area (Å²) in [6.07, 6.45) is 17.6. The van der Waals surface area contributed by atoms with E-state index in [1.54, 1.807) is 11.8 Å². The van der Waals surface area contributed by atoms with Gasteiger partial charge in [-0.2, -0.15) is 0 Å². The van der Waals surface area contributed by atoms with Gasteiger partial charge in [0.15, 0.2) is 0 Å². The Morgan fingerprint density at radius 1 is 1.09 bits per heavy atom. The molecule has 1 N–H and O–H groups in total. The summed E-state index contributed by atoms with van der Waals surface area (Å²) < 4.78 is 6.04. The minimum atomic E-state index is -0.919. The second-order valence-corrected chi connectivity index (χ2v) is 12.5. The van der Waals surface area contributed by atoms with Crippen LogP contribution in [0.1, 0.15) is 105 Å². The molecule has 5 nitrogen and oxygen atoms in total. The van der Waals surface area contributed by atoms with Crippen molar-refractivity contribution in [3.8, 4) is 0 Å². The Morgan fingerprint density at radius 2 is 1.89 bits per heavy atom. The molecule has 2 unspecified atom stereocenters. The number of thioether (sulfide) groups is 1. The third-order valence-corrected chi connectivity index (χ3v) is 9.61. The summed E-state index contributed by atoms with van der Waals surface area (Å²) in [5.41, 5.74) is 1.89. The molecule has 0 aromatic carbocycles. The minimum Gasteiger partial charge on any atom is -0.477 e. The molecule has 7 heteroatoms. The molecule has 0 spiro atoms. The predicted molar refractivity (Wildman–Crippen MR) is 146 cm³/mol. The maximum absolute atomic E-state index is 14.1. The molecule has 1 heterocycles. The van der Waals surface area contributed by atoms with Crippen LogP contribution in [0, 0.1) is 11.8 Å². The molecular weight excluding hydrogens is 478 g/mol. The average Bonchev–Trinajstić information content (AvgIpc) is 3.18. The van der Waals surface area contributed by atoms with Crippen molar-refractivity contribution < 1.29 is 19.4 Å². The monoisotopic (exact) mass is 519 g/mol. The summed E-state index contributed by atoms with van der Waals surface area (Å²) in [7, 11) is 0. The molecule has 2 atom stereocenters. The second kappa shape index (κ2) is 12.8. The van der Waals surface area contributed by atoms with Gasteiger partial charge in [0.05, 0.1) is 17.7 Å². The first-order valence-corrected chi connectivity index (χ1v) is 15.7. The summed E-state index contributed by atoms with van der Waals surface area (Å²) in [5, 5.41) is 10.2. The SMILES string of the molecule is CSCOC1CCCC(N(C(=O)C2CCC(C)CC2)c2cc(C3=CCCCC3)sc2C(=O)O)CC1. The lowest BCUT2D eigenvalue weighted by molar-refractivity contribution is -0.124. The van der Waals surface area contributed by atoms with Gasteiger partial charge in [-0.3, -0.25) is 4.79 Å². The maximum atomic E-state index is 14.1. The molecule has 3 aliphatic rings. The van der Waals surface area contributed by atoms with Gasteiger partial charge in [-0.05, 0) is 107 Å². The van der Waals surface area contributed by atoms with E-state index in [1.807, 2.05) is 17.2 Å². The van der Waals surface area contributed by atoms with E-state index in [9.17, 15) is 14.7 Å². The molecule has 194 valence electrons. The van der Waals surface area contributed by atoms with E-state index in [0.717, 1.165) is 81.9 Å². The Bertz CT molecular complexity index is 903. The summed E-state index contributed by atoms with van der Waals surface area (Å²) in [6, 6.07) is 2.06. The van der Waals surface area contributed by atoms with Gasteiger partial charge < -0.3 is 14.7 Å². The van der Waals surface area contributed by atoms with Gasteiger partial charge >= 0.3 is 5.97 Å². The molecule has 0 radical (unpaired) electrons. The minimum absolute atomic E-state index is 0.00289. The van der Waals surface area contributed by atoms with Gasteiger partial charge in [0, 0.05) is 16.8 Å². The van der Waals surface area contributed by atoms with Crippen molar-refractivity contribution in [2.24, 2.45) is 11.8 Å². The average molecular weight is 520 g/mol. The van der Waals surface area contributed by atoms with Crippen LogP contribution in [0.15, 0.2) is 12.1 Å². The molecule has 0 bridgehead atoms. The number of hydrogen-bond acceptors (Lipinski definition) is 5. The highest BCUT2D eigenvalue weighted by molar-refractivity contribution is 7.98. The first kappa shape index (κ1) is 26.7. The number of thiophene rings is 1. The summed E-state index contributed by atoms with van der Waals surface area (Å²) in [6.45, 7) is 2.27.